The average molecular weight is 642 g/mol. The Balaban J connectivity index is 1.83. The van der Waals surface area contributed by atoms with Gasteiger partial charge in [-0.2, -0.15) is 0 Å². The monoisotopic (exact) mass is 641 g/mol. The van der Waals surface area contributed by atoms with E-state index < -0.39 is 23.3 Å². The Kier molecular flexibility index (Phi) is 11.6. The SMILES string of the molecule is CCOC(=O)N1CCN(C(=O)c2cc(OCCO)c(Oc3ccccc3OC)c(N(c3ccc(C(C)C)cn3)S(=O)[O-])c2)CC1. The van der Waals surface area contributed by atoms with Gasteiger partial charge in [-0.25, -0.2) is 9.78 Å². The van der Waals surface area contributed by atoms with Crippen LogP contribution in [0.2, 0.25) is 0 Å². The molecule has 0 bridgehead atoms. The Morgan fingerprint density at radius 1 is 1.04 bits per heavy atom. The van der Waals surface area contributed by atoms with E-state index >= 15 is 0 Å². The van der Waals surface area contributed by atoms with E-state index in [1.807, 2.05) is 13.8 Å². The molecule has 0 aliphatic carbocycles. The Morgan fingerprint density at radius 2 is 1.73 bits per heavy atom. The number of para-hydroxylation sites is 2. The lowest BCUT2D eigenvalue weighted by atomic mass is 10.1. The van der Waals surface area contributed by atoms with E-state index in [0.29, 0.717) is 5.75 Å². The maximum atomic E-state index is 13.8. The molecule has 14 heteroatoms. The van der Waals surface area contributed by atoms with Crippen molar-refractivity contribution < 1.29 is 42.4 Å². The summed E-state index contributed by atoms with van der Waals surface area (Å²) in [6.45, 7) is 6.42. The number of piperazine rings is 1. The molecule has 1 fully saturated rings. The van der Waals surface area contributed by atoms with Crippen molar-refractivity contribution in [2.75, 3.05) is 57.4 Å². The fourth-order valence-corrected chi connectivity index (χ4v) is 5.23. The van der Waals surface area contributed by atoms with Crippen LogP contribution in [0.3, 0.4) is 0 Å². The first kappa shape index (κ1) is 33.5. The van der Waals surface area contributed by atoms with Gasteiger partial charge in [-0.15, -0.1) is 0 Å². The first-order chi connectivity index (χ1) is 21.7. The van der Waals surface area contributed by atoms with E-state index in [1.54, 1.807) is 54.4 Å². The smallest absolute Gasteiger partial charge is 0.409 e. The average Bonchev–Trinajstić information content (AvgIpc) is 3.04. The number of amides is 2. The van der Waals surface area contributed by atoms with E-state index in [2.05, 4.69) is 4.98 Å². The number of aliphatic hydroxyl groups is 1. The van der Waals surface area contributed by atoms with Gasteiger partial charge >= 0.3 is 6.09 Å². The molecule has 0 saturated carbocycles. The van der Waals surface area contributed by atoms with Crippen molar-refractivity contribution in [2.24, 2.45) is 0 Å². The Morgan fingerprint density at radius 3 is 2.31 bits per heavy atom. The van der Waals surface area contributed by atoms with Crippen LogP contribution in [0, 0.1) is 0 Å². The van der Waals surface area contributed by atoms with E-state index in [9.17, 15) is 23.5 Å². The molecule has 1 aliphatic rings. The van der Waals surface area contributed by atoms with Gasteiger partial charge in [0.1, 0.15) is 18.1 Å². The van der Waals surface area contributed by atoms with E-state index in [0.717, 1.165) is 9.87 Å². The lowest BCUT2D eigenvalue weighted by Gasteiger charge is -2.34. The minimum atomic E-state index is -2.93. The number of benzene rings is 2. The zero-order valence-corrected chi connectivity index (χ0v) is 26.5. The molecule has 1 saturated heterocycles. The lowest BCUT2D eigenvalue weighted by Crippen LogP contribution is -2.50. The van der Waals surface area contributed by atoms with Gasteiger partial charge in [-0.3, -0.25) is 13.3 Å². The summed E-state index contributed by atoms with van der Waals surface area (Å²) in [5, 5.41) is 9.57. The van der Waals surface area contributed by atoms with Crippen LogP contribution in [0.15, 0.2) is 54.7 Å². The summed E-state index contributed by atoms with van der Waals surface area (Å²) in [6.07, 6.45) is 1.14. The maximum absolute atomic E-state index is 13.8. The van der Waals surface area contributed by atoms with E-state index in [4.69, 9.17) is 18.9 Å². The minimum Gasteiger partial charge on any atom is -0.755 e. The van der Waals surface area contributed by atoms with Crippen LogP contribution < -0.4 is 18.5 Å². The van der Waals surface area contributed by atoms with Crippen molar-refractivity contribution in [3.05, 3.63) is 65.9 Å². The summed E-state index contributed by atoms with van der Waals surface area (Å²) in [5.41, 5.74) is 0.950. The quantitative estimate of drug-likeness (QED) is 0.284. The molecule has 2 heterocycles. The largest absolute Gasteiger partial charge is 0.755 e. The number of ether oxygens (including phenoxy) is 4. The number of hydrogen-bond acceptors (Lipinski definition) is 10. The number of anilines is 2. The Labute approximate surface area is 264 Å². The highest BCUT2D eigenvalue weighted by Gasteiger charge is 2.30. The molecule has 13 nitrogen and oxygen atoms in total. The molecule has 242 valence electrons. The fourth-order valence-electron chi connectivity index (χ4n) is 4.67. The number of rotatable bonds is 12. The molecule has 1 N–H and O–H groups in total. The standard InChI is InChI=1S/C31H38N4O9S/c1-5-42-31(38)34-14-12-33(13-15-34)30(37)23-18-24(35(45(39)40)28-11-10-22(20-32-28)21(2)3)29(27(19-23)43-17-16-36)44-26-9-7-6-8-25(26)41-4/h6-11,18-21,36H,5,12-17H2,1-4H3,(H,39,40)/p-1. The number of nitrogens with zero attached hydrogens (tertiary/aromatic N) is 4. The van der Waals surface area contributed by atoms with Gasteiger partial charge in [0.25, 0.3) is 5.91 Å². The van der Waals surface area contributed by atoms with Gasteiger partial charge in [-0.05, 0) is 48.7 Å². The van der Waals surface area contributed by atoms with Crippen LogP contribution in [0.5, 0.6) is 23.0 Å². The molecule has 3 aromatic rings. The van der Waals surface area contributed by atoms with Crippen LogP contribution in [-0.2, 0) is 16.0 Å². The molecular weight excluding hydrogens is 604 g/mol. The minimum absolute atomic E-state index is 0.00946. The molecule has 1 aromatic heterocycles. The van der Waals surface area contributed by atoms with E-state index in [1.165, 1.54) is 24.1 Å². The van der Waals surface area contributed by atoms with Crippen molar-refractivity contribution in [3.63, 3.8) is 0 Å². The molecular formula is C31H37N4O9S-. The fraction of sp³-hybridized carbons (Fsp3) is 0.387. The summed E-state index contributed by atoms with van der Waals surface area (Å²) in [7, 11) is 1.47. The predicted molar refractivity (Wildman–Crippen MR) is 166 cm³/mol. The summed E-state index contributed by atoms with van der Waals surface area (Å²) in [4.78, 5) is 33.5. The number of carbonyl (C=O) groups excluding carboxylic acids is 2. The topological polar surface area (TPSA) is 154 Å². The van der Waals surface area contributed by atoms with Gasteiger partial charge in [0.05, 0.1) is 31.6 Å². The number of hydrogen-bond donors (Lipinski definition) is 1. The summed E-state index contributed by atoms with van der Waals surface area (Å²) in [6, 6.07) is 12.9. The summed E-state index contributed by atoms with van der Waals surface area (Å²) in [5.74, 6) is 0.377. The van der Waals surface area contributed by atoms with Gasteiger partial charge in [0, 0.05) is 37.9 Å². The van der Waals surface area contributed by atoms with Crippen molar-refractivity contribution >= 4 is 34.8 Å². The van der Waals surface area contributed by atoms with Crippen molar-refractivity contribution in [3.8, 4) is 23.0 Å². The number of methoxy groups -OCH3 is 1. The molecule has 1 unspecified atom stereocenters. The molecule has 2 amide bonds. The van der Waals surface area contributed by atoms with Crippen LogP contribution in [-0.4, -0.2) is 93.8 Å². The second-order valence-corrected chi connectivity index (χ2v) is 11.0. The number of aliphatic hydroxyl groups excluding tert-OH is 1. The van der Waals surface area contributed by atoms with Gasteiger partial charge in [-0.1, -0.05) is 32.0 Å². The molecule has 1 atom stereocenters. The van der Waals surface area contributed by atoms with Crippen molar-refractivity contribution in [2.45, 2.75) is 26.7 Å². The Hall–Kier alpha value is -4.40. The molecule has 1 aliphatic heterocycles. The highest BCUT2D eigenvalue weighted by atomic mass is 32.2. The zero-order valence-electron chi connectivity index (χ0n) is 25.6. The van der Waals surface area contributed by atoms with Crippen molar-refractivity contribution in [1.29, 1.82) is 0 Å². The highest BCUT2D eigenvalue weighted by Crippen LogP contribution is 2.46. The second-order valence-electron chi connectivity index (χ2n) is 10.2. The molecule has 0 radical (unpaired) electrons. The normalized spacial score (nSPS) is 13.8. The molecule has 2 aromatic carbocycles. The maximum Gasteiger partial charge on any atom is 0.409 e. The third-order valence-corrected chi connectivity index (χ3v) is 7.70. The summed E-state index contributed by atoms with van der Waals surface area (Å²) < 4.78 is 49.3. The van der Waals surface area contributed by atoms with Crippen LogP contribution in [0.4, 0.5) is 16.3 Å². The number of aromatic nitrogens is 1. The molecule has 45 heavy (non-hydrogen) atoms. The molecule has 4 rings (SSSR count). The van der Waals surface area contributed by atoms with E-state index in [-0.39, 0.29) is 86.2 Å². The summed E-state index contributed by atoms with van der Waals surface area (Å²) >= 11 is -2.93. The third-order valence-electron chi connectivity index (χ3n) is 7.02. The number of pyridine rings is 1. The highest BCUT2D eigenvalue weighted by molar-refractivity contribution is 7.81. The van der Waals surface area contributed by atoms with Crippen LogP contribution >= 0.6 is 0 Å². The van der Waals surface area contributed by atoms with Gasteiger partial charge < -0.3 is 38.4 Å². The predicted octanol–water partition coefficient (Wildman–Crippen LogP) is 4.22. The Bertz CT molecular complexity index is 1490. The first-order valence-electron chi connectivity index (χ1n) is 14.5. The van der Waals surface area contributed by atoms with Crippen molar-refractivity contribution in [1.82, 2.24) is 14.8 Å². The van der Waals surface area contributed by atoms with Crippen LogP contribution in [0.1, 0.15) is 42.6 Å². The lowest BCUT2D eigenvalue weighted by molar-refractivity contribution is 0.0570. The van der Waals surface area contributed by atoms with Gasteiger partial charge in [0.15, 0.2) is 23.0 Å². The number of carbonyl (C=O) groups is 2. The molecule has 0 spiro atoms. The van der Waals surface area contributed by atoms with Gasteiger partial charge in [0.2, 0.25) is 0 Å². The zero-order chi connectivity index (χ0) is 32.5. The van der Waals surface area contributed by atoms with Crippen LogP contribution in [0.25, 0.3) is 0 Å². The third kappa shape index (κ3) is 8.01. The second kappa shape index (κ2) is 15.5. The first-order valence-corrected chi connectivity index (χ1v) is 15.5.